The van der Waals surface area contributed by atoms with Crippen molar-refractivity contribution in [1.29, 1.82) is 0 Å². The van der Waals surface area contributed by atoms with Crippen molar-refractivity contribution in [1.82, 2.24) is 20.2 Å². The van der Waals surface area contributed by atoms with Crippen LogP contribution in [0.5, 0.6) is 0 Å². The smallest absolute Gasteiger partial charge is 0.216 e. The van der Waals surface area contributed by atoms with E-state index >= 15 is 0 Å². The maximum atomic E-state index is 10.7. The monoisotopic (exact) mass is 413 g/mol. The van der Waals surface area contributed by atoms with E-state index in [4.69, 9.17) is 4.74 Å². The zero-order valence-electron chi connectivity index (χ0n) is 17.8. The maximum absolute atomic E-state index is 10.7. The summed E-state index contributed by atoms with van der Waals surface area (Å²) in [5.41, 5.74) is 1.92. The van der Waals surface area contributed by atoms with Crippen LogP contribution in [-0.4, -0.2) is 64.7 Å². The van der Waals surface area contributed by atoms with Crippen LogP contribution >= 0.6 is 0 Å². The number of nitrogens with zero attached hydrogens (tertiary/aromatic N) is 4. The Kier molecular flexibility index (Phi) is 5.78. The lowest BCUT2D eigenvalue weighted by molar-refractivity contribution is -0.0830. The van der Waals surface area contributed by atoms with Gasteiger partial charge in [0.05, 0.1) is 18.1 Å². The molecule has 2 unspecified atom stereocenters. The molecule has 4 rings (SSSR count). The van der Waals surface area contributed by atoms with E-state index in [0.717, 1.165) is 25.7 Å². The first-order chi connectivity index (χ1) is 14.4. The molecule has 30 heavy (non-hydrogen) atoms. The first-order valence-corrected chi connectivity index (χ1v) is 10.4. The van der Waals surface area contributed by atoms with Gasteiger partial charge in [-0.25, -0.2) is 9.97 Å². The molecule has 8 nitrogen and oxygen atoms in total. The Morgan fingerprint density at radius 2 is 1.77 bits per heavy atom. The number of rotatable bonds is 5. The number of hydrogen-bond acceptors (Lipinski definition) is 8. The van der Waals surface area contributed by atoms with Gasteiger partial charge >= 0.3 is 0 Å². The molecule has 1 spiro atoms. The van der Waals surface area contributed by atoms with Gasteiger partial charge in [0.2, 0.25) is 6.29 Å². The Hall–Kier alpha value is -2.10. The molecule has 1 aromatic heterocycles. The minimum Gasteiger partial charge on any atom is -0.362 e. The zero-order chi connectivity index (χ0) is 21.4. The second-order valence-electron chi connectivity index (χ2n) is 8.61. The molecule has 1 saturated carbocycles. The number of benzene rings is 1. The van der Waals surface area contributed by atoms with Gasteiger partial charge < -0.3 is 19.8 Å². The van der Waals surface area contributed by atoms with Crippen molar-refractivity contribution in [3.8, 4) is 0 Å². The van der Waals surface area contributed by atoms with E-state index in [1.807, 2.05) is 4.90 Å². The van der Waals surface area contributed by atoms with Crippen molar-refractivity contribution in [2.75, 3.05) is 32.6 Å². The Morgan fingerprint density at radius 3 is 2.33 bits per heavy atom. The summed E-state index contributed by atoms with van der Waals surface area (Å²) in [7, 11) is 5.70. The van der Waals surface area contributed by atoms with Gasteiger partial charge in [0.1, 0.15) is 0 Å². The molecule has 0 amide bonds. The molecule has 8 heteroatoms. The number of hydrogen-bond donors (Lipinski definition) is 3. The second-order valence-corrected chi connectivity index (χ2v) is 8.61. The summed E-state index contributed by atoms with van der Waals surface area (Å²) in [6.45, 7) is 0.683. The number of ether oxygens (including phenoxy) is 1. The minimum absolute atomic E-state index is 0.00755. The van der Waals surface area contributed by atoms with Crippen molar-refractivity contribution >= 4 is 5.69 Å². The third-order valence-corrected chi connectivity index (χ3v) is 6.84. The molecule has 2 aromatic rings. The van der Waals surface area contributed by atoms with E-state index in [1.54, 1.807) is 12.4 Å². The molecule has 0 bridgehead atoms. The van der Waals surface area contributed by atoms with Gasteiger partial charge in [0, 0.05) is 24.7 Å². The topological polar surface area (TPSA) is 94.0 Å². The van der Waals surface area contributed by atoms with Crippen molar-refractivity contribution in [3.05, 3.63) is 54.1 Å². The Labute approximate surface area is 177 Å². The van der Waals surface area contributed by atoms with Gasteiger partial charge in [0.15, 0.2) is 12.2 Å². The fourth-order valence-electron chi connectivity index (χ4n) is 4.94. The molecule has 1 aromatic carbocycles. The maximum Gasteiger partial charge on any atom is 0.216 e. The van der Waals surface area contributed by atoms with Crippen LogP contribution in [0.15, 0.2) is 42.7 Å². The van der Waals surface area contributed by atoms with Crippen molar-refractivity contribution in [2.45, 2.75) is 49.4 Å². The number of anilines is 1. The van der Waals surface area contributed by atoms with Crippen LogP contribution in [0.3, 0.4) is 0 Å². The van der Waals surface area contributed by atoms with Crippen LogP contribution in [0.25, 0.3) is 0 Å². The minimum atomic E-state index is -1.15. The van der Waals surface area contributed by atoms with Crippen LogP contribution in [0.2, 0.25) is 0 Å². The summed E-state index contributed by atoms with van der Waals surface area (Å²) in [5, 5.41) is 23.8. The van der Waals surface area contributed by atoms with Crippen LogP contribution in [0.4, 0.5) is 5.69 Å². The molecule has 1 aliphatic heterocycles. The van der Waals surface area contributed by atoms with Crippen molar-refractivity contribution in [2.24, 2.45) is 0 Å². The summed E-state index contributed by atoms with van der Waals surface area (Å²) in [5.74, 6) is 0.203. The van der Waals surface area contributed by atoms with E-state index in [9.17, 15) is 10.2 Å². The van der Waals surface area contributed by atoms with E-state index in [-0.39, 0.29) is 16.9 Å². The number of aliphatic hydroxyl groups is 2. The SMILES string of the molecule is COC(O)c1ncc(N2CC3(CCC(c4ccccc4)(N(C)C)CC3)NC2O)cn1. The molecule has 162 valence electrons. The first kappa shape index (κ1) is 21.1. The highest BCUT2D eigenvalue weighted by Gasteiger charge is 2.50. The highest BCUT2D eigenvalue weighted by molar-refractivity contribution is 5.45. The van der Waals surface area contributed by atoms with E-state index in [2.05, 4.69) is 64.6 Å². The average molecular weight is 414 g/mol. The van der Waals surface area contributed by atoms with Gasteiger partial charge in [-0.05, 0) is 45.3 Å². The number of methoxy groups -OCH3 is 1. The summed E-state index contributed by atoms with van der Waals surface area (Å²) in [4.78, 5) is 12.6. The Balaban J connectivity index is 1.50. The summed E-state index contributed by atoms with van der Waals surface area (Å²) < 4.78 is 4.84. The fourth-order valence-corrected chi connectivity index (χ4v) is 4.94. The third-order valence-electron chi connectivity index (χ3n) is 6.84. The van der Waals surface area contributed by atoms with Gasteiger partial charge in [-0.1, -0.05) is 30.3 Å². The lowest BCUT2D eigenvalue weighted by Gasteiger charge is -2.49. The van der Waals surface area contributed by atoms with Crippen LogP contribution in [0, 0.1) is 0 Å². The predicted molar refractivity (Wildman–Crippen MR) is 113 cm³/mol. The first-order valence-electron chi connectivity index (χ1n) is 10.4. The molecular formula is C22H31N5O3. The molecule has 2 fully saturated rings. The van der Waals surface area contributed by atoms with Crippen molar-refractivity contribution < 1.29 is 14.9 Å². The second kappa shape index (κ2) is 8.20. The largest absolute Gasteiger partial charge is 0.362 e. The summed E-state index contributed by atoms with van der Waals surface area (Å²) >= 11 is 0. The number of aromatic nitrogens is 2. The normalized spacial score (nSPS) is 30.2. The number of aliphatic hydroxyl groups excluding tert-OH is 2. The fraction of sp³-hybridized carbons (Fsp3) is 0.545. The molecule has 1 aliphatic carbocycles. The lowest BCUT2D eigenvalue weighted by atomic mass is 9.69. The Bertz CT molecular complexity index is 838. The molecule has 0 radical (unpaired) electrons. The highest BCUT2D eigenvalue weighted by Crippen LogP contribution is 2.46. The van der Waals surface area contributed by atoms with Crippen LogP contribution < -0.4 is 10.2 Å². The Morgan fingerprint density at radius 1 is 1.13 bits per heavy atom. The summed E-state index contributed by atoms with van der Waals surface area (Å²) in [6.07, 6.45) is 5.21. The molecule has 2 aliphatic rings. The predicted octanol–water partition coefficient (Wildman–Crippen LogP) is 1.57. The summed E-state index contributed by atoms with van der Waals surface area (Å²) in [6, 6.07) is 10.7. The van der Waals surface area contributed by atoms with Crippen LogP contribution in [0.1, 0.15) is 43.4 Å². The molecule has 2 heterocycles. The lowest BCUT2D eigenvalue weighted by Crippen LogP contribution is -2.54. The van der Waals surface area contributed by atoms with Gasteiger partial charge in [0.25, 0.3) is 0 Å². The van der Waals surface area contributed by atoms with Gasteiger partial charge in [-0.2, -0.15) is 0 Å². The number of nitrogens with one attached hydrogen (secondary N) is 1. The zero-order valence-corrected chi connectivity index (χ0v) is 17.8. The van der Waals surface area contributed by atoms with Gasteiger partial charge in [-0.15, -0.1) is 0 Å². The van der Waals surface area contributed by atoms with Crippen molar-refractivity contribution in [3.63, 3.8) is 0 Å². The average Bonchev–Trinajstić information content (AvgIpc) is 3.10. The van der Waals surface area contributed by atoms with E-state index < -0.39 is 12.6 Å². The molecule has 3 N–H and O–H groups in total. The highest BCUT2D eigenvalue weighted by atomic mass is 16.6. The third kappa shape index (κ3) is 3.70. The van der Waals surface area contributed by atoms with E-state index in [0.29, 0.717) is 12.2 Å². The van der Waals surface area contributed by atoms with Gasteiger partial charge in [-0.3, -0.25) is 10.2 Å². The van der Waals surface area contributed by atoms with E-state index in [1.165, 1.54) is 12.7 Å². The quantitative estimate of drug-likeness (QED) is 0.636. The standard InChI is InChI=1S/C22H31N5O3/c1-26(2)22(16-7-5-4-6-8-16)11-9-21(10-12-22)15-27(20(29)25-21)17-13-23-18(24-14-17)19(28)30-3/h4-8,13-14,19-20,25,28-29H,9-12,15H2,1-3H3. The molecular weight excluding hydrogens is 382 g/mol. The molecule has 1 saturated heterocycles. The van der Waals surface area contributed by atoms with Crippen LogP contribution in [-0.2, 0) is 10.3 Å². The molecule has 2 atom stereocenters.